The van der Waals surface area contributed by atoms with Crippen molar-refractivity contribution in [3.8, 4) is 11.5 Å². The number of hydrogen-bond acceptors (Lipinski definition) is 6. The summed E-state index contributed by atoms with van der Waals surface area (Å²) in [4.78, 5) is 30.7. The lowest BCUT2D eigenvalue weighted by atomic mass is 9.93. The summed E-state index contributed by atoms with van der Waals surface area (Å²) in [5.41, 5.74) is 3.52. The van der Waals surface area contributed by atoms with Crippen molar-refractivity contribution >= 4 is 28.8 Å². The molecule has 7 nitrogen and oxygen atoms in total. The Morgan fingerprint density at radius 2 is 1.69 bits per heavy atom. The Bertz CT molecular complexity index is 1390. The van der Waals surface area contributed by atoms with E-state index in [0.717, 1.165) is 17.7 Å². The molecule has 0 radical (unpaired) electrons. The van der Waals surface area contributed by atoms with E-state index in [1.54, 1.807) is 37.4 Å². The highest BCUT2D eigenvalue weighted by molar-refractivity contribution is 6.52. The van der Waals surface area contributed by atoms with Crippen LogP contribution in [0.15, 0.2) is 72.3 Å². The number of ketones is 1. The zero-order chi connectivity index (χ0) is 28.3. The highest BCUT2D eigenvalue weighted by atomic mass is 16.5. The summed E-state index contributed by atoms with van der Waals surface area (Å²) in [6, 6.07) is 19.3. The fourth-order valence-electron chi connectivity index (χ4n) is 4.83. The average Bonchev–Trinajstić information content (AvgIpc) is 3.21. The van der Waals surface area contributed by atoms with Gasteiger partial charge in [0.25, 0.3) is 11.7 Å². The minimum Gasteiger partial charge on any atom is -0.507 e. The van der Waals surface area contributed by atoms with Gasteiger partial charge in [-0.2, -0.15) is 0 Å². The molecular formula is C32H36N2O5. The van der Waals surface area contributed by atoms with E-state index in [1.807, 2.05) is 76.2 Å². The Kier molecular flexibility index (Phi) is 8.29. The third kappa shape index (κ3) is 5.35. The zero-order valence-corrected chi connectivity index (χ0v) is 23.4. The quantitative estimate of drug-likeness (QED) is 0.200. The molecular weight excluding hydrogens is 492 g/mol. The number of carbonyl (C=O) groups is 2. The van der Waals surface area contributed by atoms with E-state index in [0.29, 0.717) is 34.9 Å². The Morgan fingerprint density at radius 1 is 1.00 bits per heavy atom. The van der Waals surface area contributed by atoms with E-state index >= 15 is 0 Å². The standard InChI is InChI=1S/C32H36N2O5/c1-7-18-39-27-11-9-8-10-25(27)34-29(21-12-15-23(16-13-21)33(4)5)28(31(36)32(34)37)30(35)22-14-17-26(38-6)24(19-22)20(2)3/h8-17,19-20,29,35H,7,18H2,1-6H3/b30-28-. The smallest absolute Gasteiger partial charge is 0.300 e. The second-order valence-corrected chi connectivity index (χ2v) is 10.1. The Morgan fingerprint density at radius 3 is 2.31 bits per heavy atom. The third-order valence-corrected chi connectivity index (χ3v) is 6.88. The molecule has 4 rings (SSSR count). The van der Waals surface area contributed by atoms with E-state index < -0.39 is 17.7 Å². The van der Waals surface area contributed by atoms with Crippen molar-refractivity contribution < 1.29 is 24.2 Å². The summed E-state index contributed by atoms with van der Waals surface area (Å²) < 4.78 is 11.5. The van der Waals surface area contributed by atoms with Crippen LogP contribution in [0.25, 0.3) is 5.76 Å². The van der Waals surface area contributed by atoms with Gasteiger partial charge in [-0.05, 0) is 65.9 Å². The summed E-state index contributed by atoms with van der Waals surface area (Å²) in [7, 11) is 5.48. The summed E-state index contributed by atoms with van der Waals surface area (Å²) in [6.07, 6.45) is 0.790. The lowest BCUT2D eigenvalue weighted by Crippen LogP contribution is -2.30. The summed E-state index contributed by atoms with van der Waals surface area (Å²) in [5, 5.41) is 11.6. The Balaban J connectivity index is 1.95. The largest absolute Gasteiger partial charge is 0.507 e. The van der Waals surface area contributed by atoms with E-state index in [9.17, 15) is 14.7 Å². The van der Waals surface area contributed by atoms with E-state index in [2.05, 4.69) is 0 Å². The van der Waals surface area contributed by atoms with Crippen molar-refractivity contribution in [2.24, 2.45) is 0 Å². The van der Waals surface area contributed by atoms with Gasteiger partial charge in [-0.25, -0.2) is 0 Å². The number of methoxy groups -OCH3 is 1. The van der Waals surface area contributed by atoms with Gasteiger partial charge in [0.15, 0.2) is 0 Å². The summed E-state index contributed by atoms with van der Waals surface area (Å²) in [6.45, 7) is 6.52. The first-order valence-corrected chi connectivity index (χ1v) is 13.2. The predicted molar refractivity (Wildman–Crippen MR) is 155 cm³/mol. The van der Waals surface area contributed by atoms with Crippen molar-refractivity contribution in [3.05, 3.63) is 89.0 Å². The molecule has 0 spiro atoms. The van der Waals surface area contributed by atoms with Crippen LogP contribution in [0.2, 0.25) is 0 Å². The van der Waals surface area contributed by atoms with Crippen molar-refractivity contribution in [2.75, 3.05) is 37.6 Å². The molecule has 1 aliphatic rings. The molecule has 1 amide bonds. The molecule has 0 aliphatic carbocycles. The Labute approximate surface area is 230 Å². The first kappa shape index (κ1) is 27.8. The van der Waals surface area contributed by atoms with Gasteiger partial charge in [-0.3, -0.25) is 14.5 Å². The highest BCUT2D eigenvalue weighted by Gasteiger charge is 2.47. The number of amides is 1. The fourth-order valence-corrected chi connectivity index (χ4v) is 4.83. The number of benzene rings is 3. The van der Waals surface area contributed by atoms with Crippen molar-refractivity contribution in [3.63, 3.8) is 0 Å². The molecule has 1 heterocycles. The second-order valence-electron chi connectivity index (χ2n) is 10.1. The maximum absolute atomic E-state index is 13.7. The fraction of sp³-hybridized carbons (Fsp3) is 0.312. The van der Waals surface area contributed by atoms with Gasteiger partial charge in [0.1, 0.15) is 17.3 Å². The van der Waals surface area contributed by atoms with Crippen molar-refractivity contribution in [1.82, 2.24) is 0 Å². The molecule has 39 heavy (non-hydrogen) atoms. The first-order valence-electron chi connectivity index (χ1n) is 13.2. The molecule has 0 bridgehead atoms. The van der Waals surface area contributed by atoms with Crippen LogP contribution in [-0.4, -0.2) is 44.6 Å². The number of carbonyl (C=O) groups excluding carboxylic acids is 2. The topological polar surface area (TPSA) is 79.3 Å². The molecule has 0 saturated carbocycles. The minimum absolute atomic E-state index is 0.0303. The van der Waals surface area contributed by atoms with Crippen LogP contribution >= 0.6 is 0 Å². The number of rotatable bonds is 9. The van der Waals surface area contributed by atoms with Crippen molar-refractivity contribution in [1.29, 1.82) is 0 Å². The Hall–Kier alpha value is -4.26. The molecule has 1 aliphatic heterocycles. The number of nitrogens with zero attached hydrogens (tertiary/aromatic N) is 2. The van der Waals surface area contributed by atoms with Crippen molar-refractivity contribution in [2.45, 2.75) is 39.2 Å². The molecule has 3 aromatic rings. The van der Waals surface area contributed by atoms with Crippen LogP contribution in [0.3, 0.4) is 0 Å². The molecule has 1 saturated heterocycles. The van der Waals surface area contributed by atoms with Gasteiger partial charge in [0.2, 0.25) is 0 Å². The molecule has 204 valence electrons. The number of anilines is 2. The number of aliphatic hydroxyl groups excluding tert-OH is 1. The number of ether oxygens (including phenoxy) is 2. The molecule has 1 fully saturated rings. The van der Waals surface area contributed by atoms with E-state index in [4.69, 9.17) is 9.47 Å². The molecule has 1 atom stereocenters. The lowest BCUT2D eigenvalue weighted by Gasteiger charge is -2.27. The number of hydrogen-bond donors (Lipinski definition) is 1. The van der Waals surface area contributed by atoms with Crippen LogP contribution in [0.1, 0.15) is 55.8 Å². The normalized spacial score (nSPS) is 16.6. The molecule has 3 aromatic carbocycles. The average molecular weight is 529 g/mol. The van der Waals surface area contributed by atoms with Gasteiger partial charge in [0, 0.05) is 25.3 Å². The maximum Gasteiger partial charge on any atom is 0.300 e. The first-order chi connectivity index (χ1) is 18.7. The third-order valence-electron chi connectivity index (χ3n) is 6.88. The minimum atomic E-state index is -0.850. The lowest BCUT2D eigenvalue weighted by molar-refractivity contribution is -0.132. The van der Waals surface area contributed by atoms with E-state index in [1.165, 1.54) is 4.90 Å². The van der Waals surface area contributed by atoms with Crippen LogP contribution < -0.4 is 19.3 Å². The summed E-state index contributed by atoms with van der Waals surface area (Å²) in [5.74, 6) is -0.381. The predicted octanol–water partition coefficient (Wildman–Crippen LogP) is 6.30. The van der Waals surface area contributed by atoms with Crippen LogP contribution in [0.5, 0.6) is 11.5 Å². The monoisotopic (exact) mass is 528 g/mol. The van der Waals surface area contributed by atoms with Gasteiger partial charge < -0.3 is 19.5 Å². The highest BCUT2D eigenvalue weighted by Crippen LogP contribution is 2.45. The van der Waals surface area contributed by atoms with Crippen LogP contribution in [-0.2, 0) is 9.59 Å². The van der Waals surface area contributed by atoms with E-state index in [-0.39, 0.29) is 17.3 Å². The number of aliphatic hydroxyl groups is 1. The van der Waals surface area contributed by atoms with Gasteiger partial charge in [-0.1, -0.05) is 45.0 Å². The molecule has 1 N–H and O–H groups in total. The van der Waals surface area contributed by atoms with Gasteiger partial charge in [0.05, 0.1) is 31.0 Å². The van der Waals surface area contributed by atoms with Gasteiger partial charge in [-0.15, -0.1) is 0 Å². The molecule has 1 unspecified atom stereocenters. The second kappa shape index (κ2) is 11.6. The van der Waals surface area contributed by atoms with Crippen LogP contribution in [0, 0.1) is 0 Å². The number of Topliss-reactive ketones (excluding diaryl/α,β-unsaturated/α-hetero) is 1. The SMILES string of the molecule is CCCOc1ccccc1N1C(=O)C(=O)/C(=C(\O)c2ccc(OC)c(C(C)C)c2)C1c1ccc(N(C)C)cc1. The molecule has 0 aromatic heterocycles. The molecule has 7 heteroatoms. The number of para-hydroxylation sites is 2. The zero-order valence-electron chi connectivity index (χ0n) is 23.4. The maximum atomic E-state index is 13.7. The summed E-state index contributed by atoms with van der Waals surface area (Å²) >= 11 is 0. The van der Waals surface area contributed by atoms with Gasteiger partial charge >= 0.3 is 0 Å². The van der Waals surface area contributed by atoms with Crippen LogP contribution in [0.4, 0.5) is 11.4 Å².